The fourth-order valence-electron chi connectivity index (χ4n) is 2.21. The van der Waals surface area contributed by atoms with Crippen LogP contribution in [0.1, 0.15) is 21.5 Å². The molecule has 0 unspecified atom stereocenters. The molecule has 0 atom stereocenters. The standard InChI is InChI=1S/C16H14FNO3/c1-10-6-12(17)3-4-13(10)16(19)18-8-11-2-5-14-15(7-11)21-9-20-14/h2-7H,8-9H2,1H3,(H,18,19). The van der Waals surface area contributed by atoms with Crippen LogP contribution in [-0.2, 0) is 6.54 Å². The number of carbonyl (C=O) groups excluding carboxylic acids is 1. The first-order valence-corrected chi connectivity index (χ1v) is 6.56. The van der Waals surface area contributed by atoms with Crippen molar-refractivity contribution in [2.45, 2.75) is 13.5 Å². The minimum Gasteiger partial charge on any atom is -0.454 e. The van der Waals surface area contributed by atoms with Gasteiger partial charge < -0.3 is 14.8 Å². The van der Waals surface area contributed by atoms with Crippen molar-refractivity contribution >= 4 is 5.91 Å². The van der Waals surface area contributed by atoms with Gasteiger partial charge >= 0.3 is 0 Å². The third kappa shape index (κ3) is 2.81. The second kappa shape index (κ2) is 5.44. The number of ether oxygens (including phenoxy) is 2. The zero-order valence-electron chi connectivity index (χ0n) is 11.5. The van der Waals surface area contributed by atoms with Crippen molar-refractivity contribution in [2.75, 3.05) is 6.79 Å². The number of benzene rings is 2. The highest BCUT2D eigenvalue weighted by Crippen LogP contribution is 2.32. The molecule has 2 aromatic carbocycles. The predicted molar refractivity (Wildman–Crippen MR) is 74.9 cm³/mol. The maximum atomic E-state index is 13.0. The highest BCUT2D eigenvalue weighted by Gasteiger charge is 2.14. The number of aryl methyl sites for hydroxylation is 1. The lowest BCUT2D eigenvalue weighted by Crippen LogP contribution is -2.23. The summed E-state index contributed by atoms with van der Waals surface area (Å²) in [6.45, 7) is 2.30. The molecule has 2 aromatic rings. The van der Waals surface area contributed by atoms with Crippen LogP contribution in [0, 0.1) is 12.7 Å². The third-order valence-electron chi connectivity index (χ3n) is 3.32. The van der Waals surface area contributed by atoms with Gasteiger partial charge in [0.2, 0.25) is 6.79 Å². The van der Waals surface area contributed by atoms with Crippen LogP contribution in [0.4, 0.5) is 4.39 Å². The Bertz CT molecular complexity index is 700. The summed E-state index contributed by atoms with van der Waals surface area (Å²) in [4.78, 5) is 12.1. The van der Waals surface area contributed by atoms with Crippen LogP contribution in [0.15, 0.2) is 36.4 Å². The number of hydrogen-bond donors (Lipinski definition) is 1. The van der Waals surface area contributed by atoms with Gasteiger partial charge in [-0.15, -0.1) is 0 Å². The molecular weight excluding hydrogens is 273 g/mol. The van der Waals surface area contributed by atoms with Crippen LogP contribution in [0.5, 0.6) is 11.5 Å². The number of halogens is 1. The van der Waals surface area contributed by atoms with E-state index < -0.39 is 0 Å². The van der Waals surface area contributed by atoms with E-state index in [1.165, 1.54) is 18.2 Å². The zero-order valence-corrected chi connectivity index (χ0v) is 11.5. The Morgan fingerprint density at radius 1 is 1.19 bits per heavy atom. The number of rotatable bonds is 3. The fraction of sp³-hybridized carbons (Fsp3) is 0.188. The summed E-state index contributed by atoms with van der Waals surface area (Å²) in [6, 6.07) is 9.62. The molecule has 0 saturated carbocycles. The van der Waals surface area contributed by atoms with Gasteiger partial charge in [0.25, 0.3) is 5.91 Å². The molecule has 0 aromatic heterocycles. The Balaban J connectivity index is 1.68. The van der Waals surface area contributed by atoms with Gasteiger partial charge in [-0.25, -0.2) is 4.39 Å². The van der Waals surface area contributed by atoms with Crippen molar-refractivity contribution in [1.29, 1.82) is 0 Å². The van der Waals surface area contributed by atoms with E-state index in [2.05, 4.69) is 5.32 Å². The van der Waals surface area contributed by atoms with Crippen LogP contribution in [0.25, 0.3) is 0 Å². The normalized spacial score (nSPS) is 12.3. The van der Waals surface area contributed by atoms with Gasteiger partial charge in [0, 0.05) is 12.1 Å². The summed E-state index contributed by atoms with van der Waals surface area (Å²) in [6.07, 6.45) is 0. The second-order valence-electron chi connectivity index (χ2n) is 4.83. The van der Waals surface area contributed by atoms with Crippen molar-refractivity contribution in [2.24, 2.45) is 0 Å². The molecule has 21 heavy (non-hydrogen) atoms. The summed E-state index contributed by atoms with van der Waals surface area (Å²) in [5.41, 5.74) is 1.99. The van der Waals surface area contributed by atoms with Gasteiger partial charge in [-0.1, -0.05) is 6.07 Å². The first-order chi connectivity index (χ1) is 10.1. The summed E-state index contributed by atoms with van der Waals surface area (Å²) in [7, 11) is 0. The number of nitrogens with one attached hydrogen (secondary N) is 1. The second-order valence-corrected chi connectivity index (χ2v) is 4.83. The van der Waals surface area contributed by atoms with Gasteiger partial charge in [-0.3, -0.25) is 4.79 Å². The highest BCUT2D eigenvalue weighted by molar-refractivity contribution is 5.95. The zero-order chi connectivity index (χ0) is 14.8. The summed E-state index contributed by atoms with van der Waals surface area (Å²) >= 11 is 0. The van der Waals surface area contributed by atoms with E-state index in [1.54, 1.807) is 6.92 Å². The highest BCUT2D eigenvalue weighted by atomic mass is 19.1. The van der Waals surface area contributed by atoms with Crippen LogP contribution in [0.2, 0.25) is 0 Å². The van der Waals surface area contributed by atoms with Crippen molar-refractivity contribution in [3.05, 3.63) is 58.9 Å². The minimum atomic E-state index is -0.347. The molecular formula is C16H14FNO3. The number of fused-ring (bicyclic) bond motifs is 1. The summed E-state index contributed by atoms with van der Waals surface area (Å²) in [5, 5.41) is 2.81. The molecule has 1 heterocycles. The number of hydrogen-bond acceptors (Lipinski definition) is 3. The molecule has 0 bridgehead atoms. The van der Waals surface area contributed by atoms with Gasteiger partial charge in [0.15, 0.2) is 11.5 Å². The monoisotopic (exact) mass is 287 g/mol. The molecule has 0 aliphatic carbocycles. The van der Waals surface area contributed by atoms with Crippen molar-refractivity contribution in [3.8, 4) is 11.5 Å². The third-order valence-corrected chi connectivity index (χ3v) is 3.32. The van der Waals surface area contributed by atoms with Gasteiger partial charge in [0.1, 0.15) is 5.82 Å². The Morgan fingerprint density at radius 3 is 2.81 bits per heavy atom. The van der Waals surface area contributed by atoms with E-state index in [4.69, 9.17) is 9.47 Å². The van der Waals surface area contributed by atoms with Gasteiger partial charge in [-0.2, -0.15) is 0 Å². The fourth-order valence-corrected chi connectivity index (χ4v) is 2.21. The SMILES string of the molecule is Cc1cc(F)ccc1C(=O)NCc1ccc2c(c1)OCO2. The van der Waals surface area contributed by atoms with E-state index in [0.717, 1.165) is 5.56 Å². The van der Waals surface area contributed by atoms with Crippen LogP contribution < -0.4 is 14.8 Å². The van der Waals surface area contributed by atoms with Crippen LogP contribution >= 0.6 is 0 Å². The molecule has 1 aliphatic heterocycles. The molecule has 1 amide bonds. The molecule has 3 rings (SSSR count). The Hall–Kier alpha value is -2.56. The average molecular weight is 287 g/mol. The van der Waals surface area contributed by atoms with E-state index in [-0.39, 0.29) is 18.5 Å². The lowest BCUT2D eigenvalue weighted by Gasteiger charge is -2.08. The van der Waals surface area contributed by atoms with Crippen molar-refractivity contribution < 1.29 is 18.7 Å². The minimum absolute atomic E-state index is 0.222. The molecule has 0 saturated heterocycles. The molecule has 0 radical (unpaired) electrons. The Labute approximate surface area is 121 Å². The molecule has 4 nitrogen and oxygen atoms in total. The van der Waals surface area contributed by atoms with E-state index in [1.807, 2.05) is 18.2 Å². The Kier molecular flexibility index (Phi) is 3.48. The lowest BCUT2D eigenvalue weighted by molar-refractivity contribution is 0.0950. The quantitative estimate of drug-likeness (QED) is 0.944. The van der Waals surface area contributed by atoms with Crippen LogP contribution in [-0.4, -0.2) is 12.7 Å². The topological polar surface area (TPSA) is 47.6 Å². The van der Waals surface area contributed by atoms with Crippen molar-refractivity contribution in [1.82, 2.24) is 5.32 Å². The van der Waals surface area contributed by atoms with Crippen molar-refractivity contribution in [3.63, 3.8) is 0 Å². The largest absolute Gasteiger partial charge is 0.454 e. The predicted octanol–water partition coefficient (Wildman–Crippen LogP) is 2.79. The smallest absolute Gasteiger partial charge is 0.251 e. The molecule has 1 aliphatic rings. The number of amides is 1. The maximum absolute atomic E-state index is 13.0. The molecule has 5 heteroatoms. The molecule has 1 N–H and O–H groups in total. The van der Waals surface area contributed by atoms with Crippen LogP contribution in [0.3, 0.4) is 0 Å². The lowest BCUT2D eigenvalue weighted by atomic mass is 10.1. The van der Waals surface area contributed by atoms with Gasteiger partial charge in [0.05, 0.1) is 0 Å². The van der Waals surface area contributed by atoms with E-state index >= 15 is 0 Å². The molecule has 0 spiro atoms. The van der Waals surface area contributed by atoms with E-state index in [0.29, 0.717) is 29.2 Å². The molecule has 0 fully saturated rings. The molecule has 108 valence electrons. The summed E-state index contributed by atoms with van der Waals surface area (Å²) in [5.74, 6) is 0.809. The maximum Gasteiger partial charge on any atom is 0.251 e. The average Bonchev–Trinajstić information content (AvgIpc) is 2.92. The van der Waals surface area contributed by atoms with Gasteiger partial charge in [-0.05, 0) is 48.4 Å². The number of carbonyl (C=O) groups is 1. The first kappa shape index (κ1) is 13.4. The first-order valence-electron chi connectivity index (χ1n) is 6.56. The summed E-state index contributed by atoms with van der Waals surface area (Å²) < 4.78 is 23.5. The Morgan fingerprint density at radius 2 is 2.00 bits per heavy atom. The van der Waals surface area contributed by atoms with E-state index in [9.17, 15) is 9.18 Å².